The zero-order valence-electron chi connectivity index (χ0n) is 16.9. The highest BCUT2D eigenvalue weighted by Crippen LogP contribution is 2.23. The lowest BCUT2D eigenvalue weighted by atomic mass is 10.0. The molecule has 0 unspecified atom stereocenters. The van der Waals surface area contributed by atoms with Crippen LogP contribution in [0.15, 0.2) is 18.5 Å². The molecule has 0 spiro atoms. The maximum absolute atomic E-state index is 14.2. The molecule has 0 bridgehead atoms. The Hall–Kier alpha value is -3.18. The molecule has 0 radical (unpaired) electrons. The monoisotopic (exact) mass is 442 g/mol. The third-order valence-electron chi connectivity index (χ3n) is 4.76. The molecule has 8 nitrogen and oxygen atoms in total. The third kappa shape index (κ3) is 5.50. The van der Waals surface area contributed by atoms with Gasteiger partial charge in [0.25, 0.3) is 5.91 Å². The fourth-order valence-electron chi connectivity index (χ4n) is 3.09. The lowest BCUT2D eigenvalue weighted by Crippen LogP contribution is -2.50. The SMILES string of the molecule is CC(C)(Nc1nc(-c2c[nH]c(C(=O)N3CCCC3)c2)ncc1F)C(=O)NCC(F)(F)F. The van der Waals surface area contributed by atoms with E-state index in [4.69, 9.17) is 0 Å². The summed E-state index contributed by atoms with van der Waals surface area (Å²) in [7, 11) is 0. The van der Waals surface area contributed by atoms with Crippen molar-refractivity contribution in [1.82, 2.24) is 25.2 Å². The van der Waals surface area contributed by atoms with Gasteiger partial charge in [0.05, 0.1) is 6.20 Å². The number of carbonyl (C=O) groups is 2. The first-order valence-corrected chi connectivity index (χ1v) is 9.60. The molecule has 12 heteroatoms. The van der Waals surface area contributed by atoms with Crippen LogP contribution in [0.4, 0.5) is 23.4 Å². The van der Waals surface area contributed by atoms with E-state index in [2.05, 4.69) is 20.3 Å². The molecule has 3 heterocycles. The standard InChI is InChI=1S/C19H22F4N6O2/c1-18(2,17(31)26-10-19(21,22)23)28-15-12(20)9-25-14(27-15)11-7-13(24-8-11)16(30)29-5-3-4-6-29/h7-9,24H,3-6,10H2,1-2H3,(H,26,31)(H,25,27,28). The molecule has 2 aromatic rings. The molecule has 0 aromatic carbocycles. The summed E-state index contributed by atoms with van der Waals surface area (Å²) in [5.41, 5.74) is -0.830. The van der Waals surface area contributed by atoms with Crippen molar-refractivity contribution in [2.24, 2.45) is 0 Å². The van der Waals surface area contributed by atoms with Gasteiger partial charge >= 0.3 is 6.18 Å². The highest BCUT2D eigenvalue weighted by Gasteiger charge is 2.34. The van der Waals surface area contributed by atoms with Crippen molar-refractivity contribution in [3.05, 3.63) is 30.0 Å². The van der Waals surface area contributed by atoms with Gasteiger partial charge in [0.1, 0.15) is 17.8 Å². The van der Waals surface area contributed by atoms with Gasteiger partial charge in [-0.2, -0.15) is 13.2 Å². The van der Waals surface area contributed by atoms with E-state index in [1.54, 1.807) is 16.3 Å². The Labute approximate surface area is 175 Å². The number of nitrogens with zero attached hydrogens (tertiary/aromatic N) is 3. The number of aromatic nitrogens is 3. The number of H-pyrrole nitrogens is 1. The number of hydrogen-bond acceptors (Lipinski definition) is 5. The van der Waals surface area contributed by atoms with Crippen molar-refractivity contribution in [2.75, 3.05) is 25.0 Å². The number of halogens is 4. The van der Waals surface area contributed by atoms with Crippen LogP contribution in [0, 0.1) is 5.82 Å². The summed E-state index contributed by atoms with van der Waals surface area (Å²) in [4.78, 5) is 37.1. The van der Waals surface area contributed by atoms with Crippen LogP contribution in [-0.2, 0) is 4.79 Å². The number of amides is 2. The van der Waals surface area contributed by atoms with Crippen LogP contribution in [0.2, 0.25) is 0 Å². The van der Waals surface area contributed by atoms with Crippen LogP contribution in [0.5, 0.6) is 0 Å². The van der Waals surface area contributed by atoms with Crippen molar-refractivity contribution in [3.8, 4) is 11.4 Å². The molecule has 31 heavy (non-hydrogen) atoms. The van der Waals surface area contributed by atoms with Crippen LogP contribution in [-0.4, -0.2) is 63.0 Å². The van der Waals surface area contributed by atoms with Gasteiger partial charge in [0.15, 0.2) is 17.5 Å². The molecule has 2 amide bonds. The number of alkyl halides is 3. The van der Waals surface area contributed by atoms with Gasteiger partial charge in [0.2, 0.25) is 5.91 Å². The summed E-state index contributed by atoms with van der Waals surface area (Å²) in [6.45, 7) is 2.44. The van der Waals surface area contributed by atoms with Crippen molar-refractivity contribution in [1.29, 1.82) is 0 Å². The van der Waals surface area contributed by atoms with Crippen LogP contribution >= 0.6 is 0 Å². The first-order valence-electron chi connectivity index (χ1n) is 9.60. The molecule has 168 valence electrons. The lowest BCUT2D eigenvalue weighted by Gasteiger charge is -2.26. The molecule has 2 aromatic heterocycles. The maximum atomic E-state index is 14.2. The van der Waals surface area contributed by atoms with E-state index in [-0.39, 0.29) is 17.5 Å². The van der Waals surface area contributed by atoms with Gasteiger partial charge in [-0.15, -0.1) is 0 Å². The van der Waals surface area contributed by atoms with Crippen molar-refractivity contribution < 1.29 is 27.2 Å². The Balaban J connectivity index is 1.76. The molecule has 0 atom stereocenters. The molecule has 1 aliphatic heterocycles. The number of aromatic amines is 1. The largest absolute Gasteiger partial charge is 0.405 e. The van der Waals surface area contributed by atoms with E-state index < -0.39 is 30.0 Å². The zero-order valence-corrected chi connectivity index (χ0v) is 16.9. The summed E-state index contributed by atoms with van der Waals surface area (Å²) in [5.74, 6) is -2.31. The minimum Gasteiger partial charge on any atom is -0.356 e. The number of nitrogens with one attached hydrogen (secondary N) is 3. The highest BCUT2D eigenvalue weighted by molar-refractivity contribution is 5.94. The second kappa shape index (κ2) is 8.52. The number of likely N-dealkylation sites (tertiary alicyclic amines) is 1. The van der Waals surface area contributed by atoms with Gasteiger partial charge < -0.3 is 20.5 Å². The molecule has 1 aliphatic rings. The van der Waals surface area contributed by atoms with Crippen LogP contribution in [0.1, 0.15) is 37.2 Å². The zero-order chi connectivity index (χ0) is 22.8. The fraction of sp³-hybridized carbons (Fsp3) is 0.474. The predicted octanol–water partition coefficient (Wildman–Crippen LogP) is 2.72. The van der Waals surface area contributed by atoms with Crippen molar-refractivity contribution in [3.63, 3.8) is 0 Å². The molecule has 3 N–H and O–H groups in total. The Kier molecular flexibility index (Phi) is 6.18. The van der Waals surface area contributed by atoms with Crippen molar-refractivity contribution >= 4 is 17.6 Å². The van der Waals surface area contributed by atoms with E-state index in [1.807, 2.05) is 0 Å². The highest BCUT2D eigenvalue weighted by atomic mass is 19.4. The van der Waals surface area contributed by atoms with Gasteiger partial charge in [-0.3, -0.25) is 9.59 Å². The van der Waals surface area contributed by atoms with Crippen LogP contribution < -0.4 is 10.6 Å². The molecule has 0 saturated carbocycles. The van der Waals surface area contributed by atoms with Gasteiger partial charge in [-0.25, -0.2) is 14.4 Å². The number of rotatable bonds is 6. The van der Waals surface area contributed by atoms with Crippen LogP contribution in [0.25, 0.3) is 11.4 Å². The minimum atomic E-state index is -4.57. The smallest absolute Gasteiger partial charge is 0.356 e. The minimum absolute atomic E-state index is 0.0760. The summed E-state index contributed by atoms with van der Waals surface area (Å²) in [6, 6.07) is 1.54. The van der Waals surface area contributed by atoms with Gasteiger partial charge in [-0.05, 0) is 32.8 Å². The fourth-order valence-corrected chi connectivity index (χ4v) is 3.09. The number of carbonyl (C=O) groups excluding carboxylic acids is 2. The summed E-state index contributed by atoms with van der Waals surface area (Å²) >= 11 is 0. The van der Waals surface area contributed by atoms with E-state index >= 15 is 0 Å². The van der Waals surface area contributed by atoms with Crippen molar-refractivity contribution in [2.45, 2.75) is 38.4 Å². The molecule has 3 rings (SSSR count). The van der Waals surface area contributed by atoms with E-state index in [1.165, 1.54) is 20.0 Å². The Morgan fingerprint density at radius 2 is 1.90 bits per heavy atom. The predicted molar refractivity (Wildman–Crippen MR) is 104 cm³/mol. The summed E-state index contributed by atoms with van der Waals surface area (Å²) in [5, 5.41) is 4.27. The molecule has 0 aliphatic carbocycles. The number of anilines is 1. The Bertz CT molecular complexity index is 967. The molecule has 1 saturated heterocycles. The second-order valence-corrected chi connectivity index (χ2v) is 7.74. The Morgan fingerprint density at radius 1 is 1.23 bits per heavy atom. The average molecular weight is 442 g/mol. The van der Waals surface area contributed by atoms with E-state index in [0.29, 0.717) is 24.3 Å². The third-order valence-corrected chi connectivity index (χ3v) is 4.76. The summed E-state index contributed by atoms with van der Waals surface area (Å²) in [6.07, 6.45) is -0.300. The molecular formula is C19H22F4N6O2. The normalized spacial score (nSPS) is 14.6. The second-order valence-electron chi connectivity index (χ2n) is 7.74. The van der Waals surface area contributed by atoms with Gasteiger partial charge in [-0.1, -0.05) is 0 Å². The summed E-state index contributed by atoms with van der Waals surface area (Å²) < 4.78 is 51.3. The first kappa shape index (κ1) is 22.5. The van der Waals surface area contributed by atoms with Crippen LogP contribution in [0.3, 0.4) is 0 Å². The maximum Gasteiger partial charge on any atom is 0.405 e. The first-order chi connectivity index (χ1) is 14.5. The molecular weight excluding hydrogens is 420 g/mol. The molecule has 1 fully saturated rings. The average Bonchev–Trinajstić information content (AvgIpc) is 3.38. The van der Waals surface area contributed by atoms with E-state index in [9.17, 15) is 27.2 Å². The number of hydrogen-bond donors (Lipinski definition) is 3. The van der Waals surface area contributed by atoms with E-state index in [0.717, 1.165) is 19.0 Å². The quantitative estimate of drug-likeness (QED) is 0.597. The lowest BCUT2D eigenvalue weighted by molar-refractivity contribution is -0.140. The van der Waals surface area contributed by atoms with Gasteiger partial charge in [0, 0.05) is 24.8 Å². The topological polar surface area (TPSA) is 103 Å². The Morgan fingerprint density at radius 3 is 2.55 bits per heavy atom.